The lowest BCUT2D eigenvalue weighted by Crippen LogP contribution is -2.50. The number of piperazine rings is 1. The zero-order valence-corrected chi connectivity index (χ0v) is 17.7. The zero-order valence-electron chi connectivity index (χ0n) is 16.2. The molecule has 0 N–H and O–H groups in total. The van der Waals surface area contributed by atoms with Crippen LogP contribution in [0.2, 0.25) is 10.0 Å². The second-order valence-electron chi connectivity index (χ2n) is 6.87. The molecule has 0 saturated carbocycles. The number of carbonyl (C=O) groups excluding carboxylic acids is 1. The van der Waals surface area contributed by atoms with Crippen LogP contribution in [0.4, 0.5) is 5.82 Å². The Morgan fingerprint density at radius 1 is 0.933 bits per heavy atom. The van der Waals surface area contributed by atoms with Gasteiger partial charge in [-0.3, -0.25) is 4.79 Å². The summed E-state index contributed by atoms with van der Waals surface area (Å²) in [5.41, 5.74) is 1.87. The summed E-state index contributed by atoms with van der Waals surface area (Å²) in [5.74, 6) is 1.18. The van der Waals surface area contributed by atoms with Gasteiger partial charge in [-0.1, -0.05) is 53.5 Å². The second kappa shape index (κ2) is 9.32. The number of amides is 1. The van der Waals surface area contributed by atoms with Crippen LogP contribution in [0, 0.1) is 0 Å². The number of anilines is 1. The van der Waals surface area contributed by atoms with Crippen LogP contribution < -0.4 is 9.64 Å². The van der Waals surface area contributed by atoms with Gasteiger partial charge in [0.2, 0.25) is 0 Å². The first-order valence-electron chi connectivity index (χ1n) is 9.60. The van der Waals surface area contributed by atoms with Gasteiger partial charge < -0.3 is 14.5 Å². The van der Waals surface area contributed by atoms with E-state index in [0.717, 1.165) is 17.1 Å². The predicted octanol–water partition coefficient (Wildman–Crippen LogP) is 4.18. The van der Waals surface area contributed by atoms with Crippen LogP contribution in [0.5, 0.6) is 5.75 Å². The number of halogens is 2. The Balaban J connectivity index is 1.29. The molecule has 0 aliphatic carbocycles. The van der Waals surface area contributed by atoms with E-state index in [1.165, 1.54) is 0 Å². The van der Waals surface area contributed by atoms with E-state index in [9.17, 15) is 4.79 Å². The summed E-state index contributed by atoms with van der Waals surface area (Å²) in [5, 5.41) is 9.61. The van der Waals surface area contributed by atoms with E-state index in [1.807, 2.05) is 42.5 Å². The molecule has 0 atom stereocenters. The van der Waals surface area contributed by atoms with Crippen molar-refractivity contribution in [3.05, 3.63) is 70.7 Å². The minimum absolute atomic E-state index is 0.0626. The monoisotopic (exact) mass is 442 g/mol. The maximum atomic E-state index is 12.5. The standard InChI is InChI=1S/C22H20Cl2N4O2/c23-17-6-8-20(18(24)14-17)30-15-22(29)28-12-10-27(11-13-28)21-9-7-19(25-26-21)16-4-2-1-3-5-16/h1-9,14H,10-13,15H2. The lowest BCUT2D eigenvalue weighted by Gasteiger charge is -2.35. The van der Waals surface area contributed by atoms with Crippen molar-refractivity contribution in [2.45, 2.75) is 0 Å². The average molecular weight is 443 g/mol. The third-order valence-electron chi connectivity index (χ3n) is 4.92. The zero-order chi connectivity index (χ0) is 20.9. The highest BCUT2D eigenvalue weighted by molar-refractivity contribution is 6.35. The molecule has 30 heavy (non-hydrogen) atoms. The first-order chi connectivity index (χ1) is 14.6. The number of benzene rings is 2. The van der Waals surface area contributed by atoms with Crippen molar-refractivity contribution in [3.8, 4) is 17.0 Å². The fraction of sp³-hybridized carbons (Fsp3) is 0.227. The van der Waals surface area contributed by atoms with Crippen LogP contribution in [0.25, 0.3) is 11.3 Å². The van der Waals surface area contributed by atoms with Gasteiger partial charge in [0.25, 0.3) is 5.91 Å². The maximum absolute atomic E-state index is 12.5. The normalized spacial score (nSPS) is 13.9. The van der Waals surface area contributed by atoms with Crippen molar-refractivity contribution in [3.63, 3.8) is 0 Å². The molecule has 2 heterocycles. The number of rotatable bonds is 5. The maximum Gasteiger partial charge on any atom is 0.260 e. The molecule has 0 unspecified atom stereocenters. The predicted molar refractivity (Wildman–Crippen MR) is 118 cm³/mol. The fourth-order valence-electron chi connectivity index (χ4n) is 3.26. The van der Waals surface area contributed by atoms with Crippen molar-refractivity contribution in [1.82, 2.24) is 15.1 Å². The van der Waals surface area contributed by atoms with E-state index < -0.39 is 0 Å². The smallest absolute Gasteiger partial charge is 0.260 e. The minimum Gasteiger partial charge on any atom is -0.482 e. The molecule has 1 aliphatic heterocycles. The van der Waals surface area contributed by atoms with Gasteiger partial charge in [0.05, 0.1) is 10.7 Å². The fourth-order valence-corrected chi connectivity index (χ4v) is 3.73. The summed E-state index contributed by atoms with van der Waals surface area (Å²) in [4.78, 5) is 16.4. The molecule has 3 aromatic rings. The first-order valence-corrected chi connectivity index (χ1v) is 10.4. The highest BCUT2D eigenvalue weighted by Gasteiger charge is 2.22. The van der Waals surface area contributed by atoms with E-state index in [-0.39, 0.29) is 12.5 Å². The van der Waals surface area contributed by atoms with Gasteiger partial charge in [0.1, 0.15) is 5.75 Å². The van der Waals surface area contributed by atoms with Gasteiger partial charge >= 0.3 is 0 Å². The van der Waals surface area contributed by atoms with Gasteiger partial charge in [-0.15, -0.1) is 10.2 Å². The number of nitrogens with zero attached hydrogens (tertiary/aromatic N) is 4. The summed E-state index contributed by atoms with van der Waals surface area (Å²) >= 11 is 12.0. The van der Waals surface area contributed by atoms with E-state index in [0.29, 0.717) is 42.0 Å². The molecule has 0 radical (unpaired) electrons. The van der Waals surface area contributed by atoms with Crippen LogP contribution in [0.3, 0.4) is 0 Å². The molecule has 1 saturated heterocycles. The molecule has 8 heteroatoms. The van der Waals surface area contributed by atoms with Gasteiger partial charge in [0, 0.05) is 36.8 Å². The molecule has 154 valence electrons. The van der Waals surface area contributed by atoms with Gasteiger partial charge in [-0.2, -0.15) is 0 Å². The van der Waals surface area contributed by atoms with Crippen LogP contribution >= 0.6 is 23.2 Å². The molecule has 4 rings (SSSR count). The number of ether oxygens (including phenoxy) is 1. The number of carbonyl (C=O) groups is 1. The molecule has 1 aliphatic rings. The van der Waals surface area contributed by atoms with Crippen LogP contribution in [0.1, 0.15) is 0 Å². The Morgan fingerprint density at radius 3 is 2.37 bits per heavy atom. The Bertz CT molecular complexity index is 1010. The van der Waals surface area contributed by atoms with Crippen molar-refractivity contribution < 1.29 is 9.53 Å². The summed E-state index contributed by atoms with van der Waals surface area (Å²) in [7, 11) is 0. The SMILES string of the molecule is O=C(COc1ccc(Cl)cc1Cl)N1CCN(c2ccc(-c3ccccc3)nn2)CC1. The van der Waals surface area contributed by atoms with Crippen molar-refractivity contribution >= 4 is 34.9 Å². The quantitative estimate of drug-likeness (QED) is 0.592. The number of hydrogen-bond acceptors (Lipinski definition) is 5. The largest absolute Gasteiger partial charge is 0.482 e. The Labute approximate surface area is 185 Å². The van der Waals surface area contributed by atoms with Crippen molar-refractivity contribution in [2.24, 2.45) is 0 Å². The molecular weight excluding hydrogens is 423 g/mol. The Morgan fingerprint density at radius 2 is 1.70 bits per heavy atom. The van der Waals surface area contributed by atoms with Crippen LogP contribution in [0.15, 0.2) is 60.7 Å². The number of hydrogen-bond donors (Lipinski definition) is 0. The van der Waals surface area contributed by atoms with E-state index in [4.69, 9.17) is 27.9 Å². The summed E-state index contributed by atoms with van der Waals surface area (Å²) in [6.07, 6.45) is 0. The Kier molecular flexibility index (Phi) is 6.35. The van der Waals surface area contributed by atoms with Gasteiger partial charge in [0.15, 0.2) is 12.4 Å². The first kappa shape index (κ1) is 20.4. The Hall–Kier alpha value is -2.83. The highest BCUT2D eigenvalue weighted by atomic mass is 35.5. The lowest BCUT2D eigenvalue weighted by atomic mass is 10.1. The highest BCUT2D eigenvalue weighted by Crippen LogP contribution is 2.27. The van der Waals surface area contributed by atoms with E-state index in [1.54, 1.807) is 23.1 Å². The molecule has 6 nitrogen and oxygen atoms in total. The summed E-state index contributed by atoms with van der Waals surface area (Å²) < 4.78 is 5.56. The average Bonchev–Trinajstić information content (AvgIpc) is 2.79. The van der Waals surface area contributed by atoms with Crippen LogP contribution in [-0.4, -0.2) is 53.8 Å². The molecule has 2 aromatic carbocycles. The molecule has 1 aromatic heterocycles. The molecule has 1 fully saturated rings. The molecule has 0 spiro atoms. The second-order valence-corrected chi connectivity index (χ2v) is 7.72. The molecule has 1 amide bonds. The minimum atomic E-state index is -0.0776. The summed E-state index contributed by atoms with van der Waals surface area (Å²) in [6.45, 7) is 2.50. The van der Waals surface area contributed by atoms with Crippen molar-refractivity contribution in [1.29, 1.82) is 0 Å². The third kappa shape index (κ3) is 4.83. The third-order valence-corrected chi connectivity index (χ3v) is 5.45. The van der Waals surface area contributed by atoms with E-state index in [2.05, 4.69) is 15.1 Å². The number of aromatic nitrogens is 2. The van der Waals surface area contributed by atoms with Crippen LogP contribution in [-0.2, 0) is 4.79 Å². The molecular formula is C22H20Cl2N4O2. The van der Waals surface area contributed by atoms with Gasteiger partial charge in [-0.25, -0.2) is 0 Å². The van der Waals surface area contributed by atoms with Gasteiger partial charge in [-0.05, 0) is 30.3 Å². The lowest BCUT2D eigenvalue weighted by molar-refractivity contribution is -0.133. The van der Waals surface area contributed by atoms with E-state index >= 15 is 0 Å². The molecule has 0 bridgehead atoms. The summed E-state index contributed by atoms with van der Waals surface area (Å²) in [6, 6.07) is 18.8. The topological polar surface area (TPSA) is 58.6 Å². The van der Waals surface area contributed by atoms with Crippen molar-refractivity contribution in [2.75, 3.05) is 37.7 Å².